The zero-order chi connectivity index (χ0) is 21.7. The number of unbranched alkanes of at least 4 members (excludes halogenated alkanes) is 1. The summed E-state index contributed by atoms with van der Waals surface area (Å²) < 4.78 is 0. The molecule has 1 heterocycles. The number of nitrogens with zero attached hydrogens (tertiary/aromatic N) is 2. The number of aromatic nitrogens is 1. The van der Waals surface area contributed by atoms with Crippen molar-refractivity contribution in [3.63, 3.8) is 0 Å². The fraction of sp³-hybridized carbons (Fsp3) is 0.273. The van der Waals surface area contributed by atoms with E-state index in [0.717, 1.165) is 35.4 Å². The predicted molar refractivity (Wildman–Crippen MR) is 121 cm³/mol. The SMILES string of the molecule is CCCCc1nc(NC(=O)c2cccc([N+](=O)[O-])c2C)sc1Cc1ccc(Cl)cc1. The number of nitro benzene ring substituents is 1. The maximum Gasteiger partial charge on any atom is 0.273 e. The van der Waals surface area contributed by atoms with Crippen LogP contribution in [0, 0.1) is 17.0 Å². The van der Waals surface area contributed by atoms with Crippen LogP contribution in [0.15, 0.2) is 42.5 Å². The van der Waals surface area contributed by atoms with Crippen LogP contribution in [-0.4, -0.2) is 15.8 Å². The van der Waals surface area contributed by atoms with Crippen molar-refractivity contribution < 1.29 is 9.72 Å². The molecule has 3 rings (SSSR count). The molecule has 30 heavy (non-hydrogen) atoms. The molecule has 0 saturated heterocycles. The first-order chi connectivity index (χ1) is 14.4. The van der Waals surface area contributed by atoms with Gasteiger partial charge in [-0.3, -0.25) is 20.2 Å². The van der Waals surface area contributed by atoms with Gasteiger partial charge in [0, 0.05) is 33.5 Å². The number of anilines is 1. The summed E-state index contributed by atoms with van der Waals surface area (Å²) in [5.74, 6) is -0.398. The van der Waals surface area contributed by atoms with Gasteiger partial charge in [-0.1, -0.05) is 43.1 Å². The second kappa shape index (κ2) is 9.82. The number of benzene rings is 2. The number of hydrogen-bond acceptors (Lipinski definition) is 5. The van der Waals surface area contributed by atoms with E-state index in [1.807, 2.05) is 24.3 Å². The molecule has 0 fully saturated rings. The highest BCUT2D eigenvalue weighted by Gasteiger charge is 2.20. The fourth-order valence-corrected chi connectivity index (χ4v) is 4.30. The van der Waals surface area contributed by atoms with E-state index in [0.29, 0.717) is 22.1 Å². The van der Waals surface area contributed by atoms with Gasteiger partial charge < -0.3 is 0 Å². The Balaban J connectivity index is 1.84. The van der Waals surface area contributed by atoms with Gasteiger partial charge in [0.15, 0.2) is 5.13 Å². The molecule has 1 N–H and O–H groups in total. The Morgan fingerprint density at radius 2 is 1.97 bits per heavy atom. The lowest BCUT2D eigenvalue weighted by Gasteiger charge is -2.05. The van der Waals surface area contributed by atoms with Crippen LogP contribution in [0.25, 0.3) is 0 Å². The number of halogens is 1. The highest BCUT2D eigenvalue weighted by Crippen LogP contribution is 2.29. The number of carbonyl (C=O) groups is 1. The quantitative estimate of drug-likeness (QED) is 0.331. The Morgan fingerprint density at radius 1 is 1.23 bits per heavy atom. The molecule has 0 aliphatic carbocycles. The van der Waals surface area contributed by atoms with E-state index in [9.17, 15) is 14.9 Å². The summed E-state index contributed by atoms with van der Waals surface area (Å²) in [6.07, 6.45) is 3.60. The Labute approximate surface area is 184 Å². The van der Waals surface area contributed by atoms with Gasteiger partial charge in [0.05, 0.1) is 10.6 Å². The van der Waals surface area contributed by atoms with E-state index in [4.69, 9.17) is 11.6 Å². The minimum Gasteiger partial charge on any atom is -0.298 e. The monoisotopic (exact) mass is 443 g/mol. The first-order valence-corrected chi connectivity index (χ1v) is 10.9. The third kappa shape index (κ3) is 5.23. The van der Waals surface area contributed by atoms with Gasteiger partial charge in [0.1, 0.15) is 0 Å². The van der Waals surface area contributed by atoms with Gasteiger partial charge in [-0.25, -0.2) is 4.98 Å². The zero-order valence-corrected chi connectivity index (χ0v) is 18.3. The third-order valence-corrected chi connectivity index (χ3v) is 6.06. The number of aryl methyl sites for hydroxylation is 1. The second-order valence-corrected chi connectivity index (χ2v) is 8.48. The molecule has 0 spiro atoms. The van der Waals surface area contributed by atoms with Crippen molar-refractivity contribution in [3.8, 4) is 0 Å². The number of amides is 1. The smallest absolute Gasteiger partial charge is 0.273 e. The lowest BCUT2D eigenvalue weighted by Crippen LogP contribution is -2.14. The van der Waals surface area contributed by atoms with E-state index in [2.05, 4.69) is 17.2 Å². The number of nitro groups is 1. The van der Waals surface area contributed by atoms with Gasteiger partial charge in [-0.15, -0.1) is 11.3 Å². The molecule has 0 atom stereocenters. The Kier molecular flexibility index (Phi) is 7.18. The summed E-state index contributed by atoms with van der Waals surface area (Å²) in [5, 5.41) is 15.2. The molecule has 8 heteroatoms. The van der Waals surface area contributed by atoms with Crippen LogP contribution < -0.4 is 5.32 Å². The van der Waals surface area contributed by atoms with Crippen molar-refractivity contribution in [1.82, 2.24) is 4.98 Å². The topological polar surface area (TPSA) is 85.1 Å². The summed E-state index contributed by atoms with van der Waals surface area (Å²) in [6, 6.07) is 12.2. The van der Waals surface area contributed by atoms with E-state index in [1.54, 1.807) is 13.0 Å². The highest BCUT2D eigenvalue weighted by atomic mass is 35.5. The summed E-state index contributed by atoms with van der Waals surface area (Å²) in [5.41, 5.74) is 2.63. The summed E-state index contributed by atoms with van der Waals surface area (Å²) >= 11 is 7.42. The first kappa shape index (κ1) is 21.9. The molecule has 2 aromatic carbocycles. The zero-order valence-electron chi connectivity index (χ0n) is 16.8. The first-order valence-electron chi connectivity index (χ1n) is 9.67. The highest BCUT2D eigenvalue weighted by molar-refractivity contribution is 7.15. The normalized spacial score (nSPS) is 10.8. The molecule has 0 bridgehead atoms. The maximum absolute atomic E-state index is 12.8. The van der Waals surface area contributed by atoms with Crippen LogP contribution in [-0.2, 0) is 12.8 Å². The molecule has 1 aromatic heterocycles. The summed E-state index contributed by atoms with van der Waals surface area (Å²) in [7, 11) is 0. The van der Waals surface area contributed by atoms with Gasteiger partial charge in [0.2, 0.25) is 0 Å². The molecule has 3 aromatic rings. The van der Waals surface area contributed by atoms with Crippen molar-refractivity contribution in [1.29, 1.82) is 0 Å². The largest absolute Gasteiger partial charge is 0.298 e. The molecule has 0 unspecified atom stereocenters. The van der Waals surface area contributed by atoms with Crippen molar-refractivity contribution in [2.75, 3.05) is 5.32 Å². The molecule has 0 aliphatic rings. The van der Waals surface area contributed by atoms with Crippen LogP contribution in [0.3, 0.4) is 0 Å². The van der Waals surface area contributed by atoms with Crippen LogP contribution in [0.5, 0.6) is 0 Å². The minimum atomic E-state index is -0.484. The average molecular weight is 444 g/mol. The number of carbonyl (C=O) groups excluding carboxylic acids is 1. The third-order valence-electron chi connectivity index (χ3n) is 4.79. The fourth-order valence-electron chi connectivity index (χ4n) is 3.13. The summed E-state index contributed by atoms with van der Waals surface area (Å²) in [4.78, 5) is 29.2. The van der Waals surface area contributed by atoms with Crippen LogP contribution in [0.1, 0.15) is 51.8 Å². The molecular weight excluding hydrogens is 422 g/mol. The standard InChI is InChI=1S/C22H22ClN3O3S/c1-3-4-7-18-20(13-15-9-11-16(23)12-10-15)30-22(24-18)25-21(27)17-6-5-8-19(14(17)2)26(28)29/h5-6,8-12H,3-4,7,13H2,1-2H3,(H,24,25,27). The second-order valence-electron chi connectivity index (χ2n) is 6.96. The lowest BCUT2D eigenvalue weighted by molar-refractivity contribution is -0.385. The Morgan fingerprint density at radius 3 is 2.63 bits per heavy atom. The predicted octanol–water partition coefficient (Wildman–Crippen LogP) is 6.20. The van der Waals surface area contributed by atoms with Crippen molar-refractivity contribution in [3.05, 3.63) is 84.9 Å². The average Bonchev–Trinajstić information content (AvgIpc) is 3.08. The number of thiazole rings is 1. The molecule has 1 amide bonds. The van der Waals surface area contributed by atoms with Crippen LogP contribution in [0.4, 0.5) is 10.8 Å². The van der Waals surface area contributed by atoms with E-state index in [-0.39, 0.29) is 11.3 Å². The number of rotatable bonds is 8. The Bertz CT molecular complexity index is 1060. The molecule has 6 nitrogen and oxygen atoms in total. The molecular formula is C22H22ClN3O3S. The van der Waals surface area contributed by atoms with Crippen molar-refractivity contribution in [2.45, 2.75) is 39.5 Å². The van der Waals surface area contributed by atoms with E-state index < -0.39 is 10.8 Å². The molecule has 0 radical (unpaired) electrons. The Hall–Kier alpha value is -2.77. The van der Waals surface area contributed by atoms with Gasteiger partial charge in [0.25, 0.3) is 11.6 Å². The van der Waals surface area contributed by atoms with E-state index in [1.165, 1.54) is 23.5 Å². The summed E-state index contributed by atoms with van der Waals surface area (Å²) in [6.45, 7) is 3.70. The van der Waals surface area contributed by atoms with Crippen LogP contribution in [0.2, 0.25) is 5.02 Å². The van der Waals surface area contributed by atoms with Gasteiger partial charge >= 0.3 is 0 Å². The minimum absolute atomic E-state index is 0.0751. The maximum atomic E-state index is 12.8. The lowest BCUT2D eigenvalue weighted by atomic mass is 10.1. The van der Waals surface area contributed by atoms with Crippen LogP contribution >= 0.6 is 22.9 Å². The molecule has 0 aliphatic heterocycles. The van der Waals surface area contributed by atoms with Crippen molar-refractivity contribution >= 4 is 39.7 Å². The van der Waals surface area contributed by atoms with E-state index >= 15 is 0 Å². The molecule has 0 saturated carbocycles. The molecule has 156 valence electrons. The van der Waals surface area contributed by atoms with Gasteiger partial charge in [-0.05, 0) is 43.5 Å². The number of hydrogen-bond donors (Lipinski definition) is 1. The van der Waals surface area contributed by atoms with Gasteiger partial charge in [-0.2, -0.15) is 0 Å². The number of nitrogens with one attached hydrogen (secondary N) is 1. The van der Waals surface area contributed by atoms with Crippen molar-refractivity contribution in [2.24, 2.45) is 0 Å².